The van der Waals surface area contributed by atoms with Gasteiger partial charge in [-0.15, -0.1) is 0 Å². The van der Waals surface area contributed by atoms with Gasteiger partial charge in [0.1, 0.15) is 11.5 Å². The Bertz CT molecular complexity index is 501. The smallest absolute Gasteiger partial charge is 0.274 e. The summed E-state index contributed by atoms with van der Waals surface area (Å²) in [5, 5.41) is 3.09. The molecule has 1 unspecified atom stereocenters. The molecular weight excluding hydrogens is 266 g/mol. The highest BCUT2D eigenvalue weighted by Gasteiger charge is 2.32. The Balaban J connectivity index is 1.64. The second-order valence-electron chi connectivity index (χ2n) is 5.76. The lowest BCUT2D eigenvalue weighted by Crippen LogP contribution is -2.37. The van der Waals surface area contributed by atoms with Crippen molar-refractivity contribution in [2.45, 2.75) is 32.2 Å². The molecule has 6 nitrogen and oxygen atoms in total. The number of hydrogen-bond acceptors (Lipinski definition) is 5. The number of amides is 1. The number of carbonyl (C=O) groups excluding carboxylic acids is 1. The van der Waals surface area contributed by atoms with E-state index in [0.717, 1.165) is 26.1 Å². The monoisotopic (exact) mass is 289 g/mol. The average molecular weight is 289 g/mol. The van der Waals surface area contributed by atoms with Gasteiger partial charge in [-0.25, -0.2) is 4.98 Å². The second-order valence-corrected chi connectivity index (χ2v) is 5.76. The van der Waals surface area contributed by atoms with E-state index < -0.39 is 0 Å². The lowest BCUT2D eigenvalue weighted by atomic mass is 10.2. The zero-order valence-corrected chi connectivity index (χ0v) is 12.6. The molecule has 21 heavy (non-hydrogen) atoms. The molecule has 0 bridgehead atoms. The molecule has 2 fully saturated rings. The minimum atomic E-state index is 0.00366. The van der Waals surface area contributed by atoms with Crippen LogP contribution in [0.4, 0.5) is 5.82 Å². The van der Waals surface area contributed by atoms with E-state index in [9.17, 15) is 4.79 Å². The maximum absolute atomic E-state index is 12.5. The predicted molar refractivity (Wildman–Crippen MR) is 81.3 cm³/mol. The van der Waals surface area contributed by atoms with E-state index in [-0.39, 0.29) is 5.91 Å². The van der Waals surface area contributed by atoms with Gasteiger partial charge in [-0.05, 0) is 39.3 Å². The number of nitrogens with one attached hydrogen (secondary N) is 1. The molecule has 1 amide bonds. The molecule has 114 valence electrons. The molecule has 1 atom stereocenters. The van der Waals surface area contributed by atoms with Gasteiger partial charge < -0.3 is 10.2 Å². The number of aromatic nitrogens is 2. The van der Waals surface area contributed by atoms with Crippen molar-refractivity contribution in [3.63, 3.8) is 0 Å². The van der Waals surface area contributed by atoms with E-state index >= 15 is 0 Å². The first-order valence-corrected chi connectivity index (χ1v) is 7.87. The molecule has 0 radical (unpaired) electrons. The number of rotatable bonds is 4. The van der Waals surface area contributed by atoms with Gasteiger partial charge in [0.05, 0.1) is 12.4 Å². The number of nitrogens with zero attached hydrogens (tertiary/aromatic N) is 4. The van der Waals surface area contributed by atoms with E-state index in [0.29, 0.717) is 17.6 Å². The third-order valence-electron chi connectivity index (χ3n) is 4.32. The summed E-state index contributed by atoms with van der Waals surface area (Å²) in [6.45, 7) is 6.79. The highest BCUT2D eigenvalue weighted by Crippen LogP contribution is 2.21. The molecule has 1 aromatic heterocycles. The predicted octanol–water partition coefficient (Wildman–Crippen LogP) is 1.22. The zero-order valence-electron chi connectivity index (χ0n) is 12.6. The summed E-state index contributed by atoms with van der Waals surface area (Å²) in [5.74, 6) is 0.669. The van der Waals surface area contributed by atoms with Gasteiger partial charge in [-0.3, -0.25) is 14.7 Å². The molecule has 3 rings (SSSR count). The molecule has 0 saturated carbocycles. The van der Waals surface area contributed by atoms with Crippen LogP contribution in [0.25, 0.3) is 0 Å². The third-order valence-corrected chi connectivity index (χ3v) is 4.32. The summed E-state index contributed by atoms with van der Waals surface area (Å²) in [7, 11) is 0. The molecule has 2 aliphatic heterocycles. The van der Waals surface area contributed by atoms with Crippen LogP contribution in [0.15, 0.2) is 12.4 Å². The van der Waals surface area contributed by atoms with E-state index in [1.165, 1.54) is 25.9 Å². The molecule has 1 N–H and O–H groups in total. The summed E-state index contributed by atoms with van der Waals surface area (Å²) in [6.07, 6.45) is 6.87. The van der Waals surface area contributed by atoms with Crippen LogP contribution < -0.4 is 5.32 Å². The SMILES string of the molecule is CCNc1cncc(C(=O)N2CCC(N3CCCC3)C2)n1. The maximum Gasteiger partial charge on any atom is 0.274 e. The number of carbonyl (C=O) groups is 1. The zero-order chi connectivity index (χ0) is 14.7. The Hall–Kier alpha value is -1.69. The highest BCUT2D eigenvalue weighted by molar-refractivity contribution is 5.92. The summed E-state index contributed by atoms with van der Waals surface area (Å²) < 4.78 is 0. The van der Waals surface area contributed by atoms with Gasteiger partial charge >= 0.3 is 0 Å². The lowest BCUT2D eigenvalue weighted by Gasteiger charge is -2.23. The van der Waals surface area contributed by atoms with Gasteiger partial charge in [-0.2, -0.15) is 0 Å². The van der Waals surface area contributed by atoms with Gasteiger partial charge in [0, 0.05) is 25.7 Å². The highest BCUT2D eigenvalue weighted by atomic mass is 16.2. The minimum absolute atomic E-state index is 0.00366. The summed E-state index contributed by atoms with van der Waals surface area (Å²) in [6, 6.07) is 0.529. The van der Waals surface area contributed by atoms with Crippen LogP contribution in [0.2, 0.25) is 0 Å². The summed E-state index contributed by atoms with van der Waals surface area (Å²) >= 11 is 0. The van der Waals surface area contributed by atoms with Crippen LogP contribution >= 0.6 is 0 Å². The fourth-order valence-electron chi connectivity index (χ4n) is 3.23. The van der Waals surface area contributed by atoms with Crippen molar-refractivity contribution < 1.29 is 4.79 Å². The number of likely N-dealkylation sites (tertiary alicyclic amines) is 2. The van der Waals surface area contributed by atoms with Gasteiger partial charge in [0.2, 0.25) is 0 Å². The molecule has 2 saturated heterocycles. The van der Waals surface area contributed by atoms with Crippen LogP contribution in [0.5, 0.6) is 0 Å². The normalized spacial score (nSPS) is 22.7. The molecule has 3 heterocycles. The first-order valence-electron chi connectivity index (χ1n) is 7.87. The second kappa shape index (κ2) is 6.39. The molecular formula is C15H23N5O. The van der Waals surface area contributed by atoms with Crippen LogP contribution in [0.1, 0.15) is 36.7 Å². The van der Waals surface area contributed by atoms with Crippen LogP contribution in [0.3, 0.4) is 0 Å². The molecule has 0 aliphatic carbocycles. The Morgan fingerprint density at radius 2 is 2.14 bits per heavy atom. The minimum Gasteiger partial charge on any atom is -0.369 e. The van der Waals surface area contributed by atoms with E-state index in [4.69, 9.17) is 0 Å². The standard InChI is InChI=1S/C15H23N5O/c1-2-17-14-10-16-9-13(18-14)15(21)20-8-5-12(11-20)19-6-3-4-7-19/h9-10,12H,2-8,11H2,1H3,(H,17,18). The number of anilines is 1. The maximum atomic E-state index is 12.5. The van der Waals surface area contributed by atoms with Crippen molar-refractivity contribution in [3.8, 4) is 0 Å². The Morgan fingerprint density at radius 3 is 2.90 bits per heavy atom. The molecule has 1 aromatic rings. The van der Waals surface area contributed by atoms with Crippen molar-refractivity contribution in [2.24, 2.45) is 0 Å². The fraction of sp³-hybridized carbons (Fsp3) is 0.667. The van der Waals surface area contributed by atoms with Crippen molar-refractivity contribution in [1.29, 1.82) is 0 Å². The van der Waals surface area contributed by atoms with Gasteiger partial charge in [0.25, 0.3) is 5.91 Å². The molecule has 0 spiro atoms. The largest absolute Gasteiger partial charge is 0.369 e. The molecule has 0 aromatic carbocycles. The Kier molecular flexibility index (Phi) is 4.34. The quantitative estimate of drug-likeness (QED) is 0.903. The van der Waals surface area contributed by atoms with E-state index in [2.05, 4.69) is 20.2 Å². The van der Waals surface area contributed by atoms with Crippen molar-refractivity contribution >= 4 is 11.7 Å². The Labute approximate surface area is 125 Å². The third kappa shape index (κ3) is 3.15. The van der Waals surface area contributed by atoms with Crippen LogP contribution in [0, 0.1) is 0 Å². The number of hydrogen-bond donors (Lipinski definition) is 1. The van der Waals surface area contributed by atoms with E-state index in [1.54, 1.807) is 12.4 Å². The van der Waals surface area contributed by atoms with Crippen molar-refractivity contribution in [2.75, 3.05) is 38.0 Å². The average Bonchev–Trinajstić information content (AvgIpc) is 3.18. The van der Waals surface area contributed by atoms with Crippen LogP contribution in [-0.2, 0) is 0 Å². The fourth-order valence-corrected chi connectivity index (χ4v) is 3.23. The topological polar surface area (TPSA) is 61.4 Å². The summed E-state index contributed by atoms with van der Waals surface area (Å²) in [5.41, 5.74) is 0.440. The van der Waals surface area contributed by atoms with Gasteiger partial charge in [0.15, 0.2) is 0 Å². The van der Waals surface area contributed by atoms with Crippen LogP contribution in [-0.4, -0.2) is 64.4 Å². The van der Waals surface area contributed by atoms with E-state index in [1.807, 2.05) is 11.8 Å². The molecule has 2 aliphatic rings. The lowest BCUT2D eigenvalue weighted by molar-refractivity contribution is 0.0774. The summed E-state index contributed by atoms with van der Waals surface area (Å²) in [4.78, 5) is 25.4. The molecule has 6 heteroatoms. The van der Waals surface area contributed by atoms with Gasteiger partial charge in [-0.1, -0.05) is 0 Å². The van der Waals surface area contributed by atoms with Crippen molar-refractivity contribution in [3.05, 3.63) is 18.1 Å². The Morgan fingerprint density at radius 1 is 1.33 bits per heavy atom. The first-order chi connectivity index (χ1) is 10.3. The first kappa shape index (κ1) is 14.3. The van der Waals surface area contributed by atoms with Crippen molar-refractivity contribution in [1.82, 2.24) is 19.8 Å².